The predicted octanol–water partition coefficient (Wildman–Crippen LogP) is 3.37. The average molecular weight is 370 g/mol. The van der Waals surface area contributed by atoms with Crippen LogP contribution in [0.3, 0.4) is 0 Å². The van der Waals surface area contributed by atoms with E-state index in [9.17, 15) is 13.2 Å². The van der Waals surface area contributed by atoms with Crippen LogP contribution in [0.15, 0.2) is 77.7 Å². The van der Waals surface area contributed by atoms with Crippen LogP contribution in [0.5, 0.6) is 0 Å². The molecule has 0 atom stereocenters. The molecule has 3 aromatic rings. The van der Waals surface area contributed by atoms with Gasteiger partial charge in [-0.3, -0.25) is 5.32 Å². The molecule has 0 fully saturated rings. The van der Waals surface area contributed by atoms with E-state index in [0.29, 0.717) is 5.69 Å². The largest absolute Gasteiger partial charge is 0.448 e. The Balaban J connectivity index is 1.52. The summed E-state index contributed by atoms with van der Waals surface area (Å²) in [6.07, 6.45) is -0.639. The van der Waals surface area contributed by atoms with E-state index in [1.807, 2.05) is 36.4 Å². The van der Waals surface area contributed by atoms with E-state index in [1.54, 1.807) is 24.3 Å². The lowest BCUT2D eigenvalue weighted by molar-refractivity contribution is 0.164. The van der Waals surface area contributed by atoms with Crippen LogP contribution in [0.4, 0.5) is 10.5 Å². The Labute approximate surface area is 151 Å². The summed E-state index contributed by atoms with van der Waals surface area (Å²) in [7, 11) is -3.61. The summed E-state index contributed by atoms with van der Waals surface area (Å²) in [5.41, 5.74) is 0.637. The first-order valence-electron chi connectivity index (χ1n) is 8.02. The van der Waals surface area contributed by atoms with Crippen LogP contribution >= 0.6 is 0 Å². The van der Waals surface area contributed by atoms with Gasteiger partial charge in [-0.05, 0) is 23.6 Å². The van der Waals surface area contributed by atoms with Crippen LogP contribution < -0.4 is 10.0 Å². The van der Waals surface area contributed by atoms with Crippen molar-refractivity contribution in [2.75, 3.05) is 18.5 Å². The zero-order valence-corrected chi connectivity index (χ0v) is 14.7. The van der Waals surface area contributed by atoms with Gasteiger partial charge in [0, 0.05) is 11.9 Å². The van der Waals surface area contributed by atoms with Crippen LogP contribution in [0, 0.1) is 0 Å². The first kappa shape index (κ1) is 17.9. The van der Waals surface area contributed by atoms with Crippen molar-refractivity contribution < 1.29 is 17.9 Å². The van der Waals surface area contributed by atoms with Gasteiger partial charge in [-0.15, -0.1) is 0 Å². The summed E-state index contributed by atoms with van der Waals surface area (Å²) in [5, 5.41) is 4.58. The number of amides is 1. The second-order valence-corrected chi connectivity index (χ2v) is 7.27. The van der Waals surface area contributed by atoms with Crippen molar-refractivity contribution in [2.24, 2.45) is 0 Å². The highest BCUT2D eigenvalue weighted by Crippen LogP contribution is 2.22. The van der Waals surface area contributed by atoms with Crippen molar-refractivity contribution in [1.29, 1.82) is 0 Å². The third kappa shape index (κ3) is 4.38. The fourth-order valence-corrected chi connectivity index (χ4v) is 3.52. The second kappa shape index (κ2) is 7.99. The molecule has 7 heteroatoms. The monoisotopic (exact) mass is 370 g/mol. The lowest BCUT2D eigenvalue weighted by atomic mass is 10.1. The summed E-state index contributed by atoms with van der Waals surface area (Å²) >= 11 is 0. The molecule has 0 aromatic heterocycles. The summed E-state index contributed by atoms with van der Waals surface area (Å²) in [6.45, 7) is -0.0944. The molecule has 3 aromatic carbocycles. The van der Waals surface area contributed by atoms with Gasteiger partial charge in [0.25, 0.3) is 0 Å². The number of rotatable bonds is 6. The van der Waals surface area contributed by atoms with Crippen LogP contribution in [0.1, 0.15) is 0 Å². The summed E-state index contributed by atoms with van der Waals surface area (Å²) in [6, 6.07) is 21.2. The van der Waals surface area contributed by atoms with E-state index < -0.39 is 16.1 Å². The molecule has 0 aliphatic carbocycles. The molecule has 0 saturated carbocycles. The zero-order valence-electron chi connectivity index (χ0n) is 13.9. The maximum absolute atomic E-state index is 12.0. The summed E-state index contributed by atoms with van der Waals surface area (Å²) in [5.74, 6) is 0. The normalized spacial score (nSPS) is 11.2. The number of carbonyl (C=O) groups is 1. The van der Waals surface area contributed by atoms with E-state index in [1.165, 1.54) is 12.1 Å². The number of hydrogen-bond donors (Lipinski definition) is 2. The Hall–Kier alpha value is -2.90. The van der Waals surface area contributed by atoms with E-state index in [-0.39, 0.29) is 18.0 Å². The van der Waals surface area contributed by atoms with Gasteiger partial charge < -0.3 is 4.74 Å². The molecule has 6 nitrogen and oxygen atoms in total. The number of hydrogen-bond acceptors (Lipinski definition) is 4. The third-order valence-corrected chi connectivity index (χ3v) is 5.18. The standard InChI is InChI=1S/C19H18N2O4S/c22-19(21-18-12-6-8-15-7-4-5-11-17(15)18)25-14-13-20-26(23,24)16-9-2-1-3-10-16/h1-12,20H,13-14H2,(H,21,22). The highest BCUT2D eigenvalue weighted by atomic mass is 32.2. The van der Waals surface area contributed by atoms with Crippen molar-refractivity contribution in [3.63, 3.8) is 0 Å². The van der Waals surface area contributed by atoms with Crippen LogP contribution in [-0.4, -0.2) is 27.7 Å². The molecule has 0 aliphatic heterocycles. The van der Waals surface area contributed by atoms with Gasteiger partial charge >= 0.3 is 6.09 Å². The molecule has 134 valence electrons. The maximum Gasteiger partial charge on any atom is 0.411 e. The van der Waals surface area contributed by atoms with E-state index in [2.05, 4.69) is 10.0 Å². The smallest absolute Gasteiger partial charge is 0.411 e. The lowest BCUT2D eigenvalue weighted by Crippen LogP contribution is -2.29. The highest BCUT2D eigenvalue weighted by Gasteiger charge is 2.13. The molecule has 0 bridgehead atoms. The molecule has 0 saturated heterocycles. The van der Waals surface area contributed by atoms with Crippen LogP contribution in [-0.2, 0) is 14.8 Å². The number of nitrogens with one attached hydrogen (secondary N) is 2. The molecule has 2 N–H and O–H groups in total. The zero-order chi connectivity index (χ0) is 18.4. The molecular weight excluding hydrogens is 352 g/mol. The van der Waals surface area contributed by atoms with Crippen LogP contribution in [0.2, 0.25) is 0 Å². The first-order chi connectivity index (χ1) is 12.6. The lowest BCUT2D eigenvalue weighted by Gasteiger charge is -2.10. The molecule has 3 rings (SSSR count). The van der Waals surface area contributed by atoms with Gasteiger partial charge in [0.15, 0.2) is 0 Å². The van der Waals surface area contributed by atoms with E-state index in [4.69, 9.17) is 4.74 Å². The van der Waals surface area contributed by atoms with E-state index in [0.717, 1.165) is 10.8 Å². The SMILES string of the molecule is O=C(Nc1cccc2ccccc12)OCCNS(=O)(=O)c1ccccc1. The van der Waals surface area contributed by atoms with E-state index >= 15 is 0 Å². The topological polar surface area (TPSA) is 84.5 Å². The van der Waals surface area contributed by atoms with Gasteiger partial charge in [-0.25, -0.2) is 17.9 Å². The minimum Gasteiger partial charge on any atom is -0.448 e. The molecule has 1 amide bonds. The Morgan fingerprint density at radius 2 is 1.58 bits per heavy atom. The number of sulfonamides is 1. The van der Waals surface area contributed by atoms with Gasteiger partial charge in [0.1, 0.15) is 6.61 Å². The number of anilines is 1. The van der Waals surface area contributed by atoms with Crippen molar-refractivity contribution >= 4 is 32.6 Å². The molecule has 0 spiro atoms. The van der Waals surface area contributed by atoms with Gasteiger partial charge in [0.2, 0.25) is 10.0 Å². The number of benzene rings is 3. The Bertz CT molecular complexity index is 999. The maximum atomic E-state index is 12.0. The highest BCUT2D eigenvalue weighted by molar-refractivity contribution is 7.89. The number of ether oxygens (including phenoxy) is 1. The molecule has 26 heavy (non-hydrogen) atoms. The van der Waals surface area contributed by atoms with Crippen LogP contribution in [0.25, 0.3) is 10.8 Å². The molecule has 0 unspecified atom stereocenters. The molecular formula is C19H18N2O4S. The Kier molecular flexibility index (Phi) is 5.50. The molecule has 0 radical (unpaired) electrons. The number of carbonyl (C=O) groups excluding carboxylic acids is 1. The van der Waals surface area contributed by atoms with Crippen molar-refractivity contribution in [3.8, 4) is 0 Å². The third-order valence-electron chi connectivity index (χ3n) is 3.71. The minimum atomic E-state index is -3.61. The summed E-state index contributed by atoms with van der Waals surface area (Å²) < 4.78 is 31.5. The van der Waals surface area contributed by atoms with Gasteiger partial charge in [0.05, 0.1) is 10.6 Å². The summed E-state index contributed by atoms with van der Waals surface area (Å²) in [4.78, 5) is 12.1. The second-order valence-electron chi connectivity index (χ2n) is 5.50. The predicted molar refractivity (Wildman–Crippen MR) is 101 cm³/mol. The molecule has 0 aliphatic rings. The quantitative estimate of drug-likeness (QED) is 0.652. The molecule has 0 heterocycles. The van der Waals surface area contributed by atoms with Crippen molar-refractivity contribution in [1.82, 2.24) is 4.72 Å². The van der Waals surface area contributed by atoms with Crippen molar-refractivity contribution in [2.45, 2.75) is 4.90 Å². The average Bonchev–Trinajstić information content (AvgIpc) is 2.66. The Morgan fingerprint density at radius 1 is 0.885 bits per heavy atom. The fourth-order valence-electron chi connectivity index (χ4n) is 2.48. The van der Waals surface area contributed by atoms with Gasteiger partial charge in [-0.2, -0.15) is 0 Å². The van der Waals surface area contributed by atoms with Gasteiger partial charge in [-0.1, -0.05) is 54.6 Å². The Morgan fingerprint density at radius 3 is 2.38 bits per heavy atom. The van der Waals surface area contributed by atoms with Crippen molar-refractivity contribution in [3.05, 3.63) is 72.8 Å². The first-order valence-corrected chi connectivity index (χ1v) is 9.51. The fraction of sp³-hybridized carbons (Fsp3) is 0.105. The number of fused-ring (bicyclic) bond motifs is 1. The minimum absolute atomic E-state index is 0.0137.